The molecule has 2 nitrogen and oxygen atoms in total. The molecule has 2 unspecified atom stereocenters. The molecule has 2 aromatic rings. The summed E-state index contributed by atoms with van der Waals surface area (Å²) in [5, 5.41) is 12.6. The van der Waals surface area contributed by atoms with Crippen molar-refractivity contribution in [2.24, 2.45) is 0 Å². The summed E-state index contributed by atoms with van der Waals surface area (Å²) in [6, 6.07) is 17.4. The molecular formula is C18H23CuNO. The molecule has 0 spiro atoms. The Hall–Kier alpha value is -1.12. The van der Waals surface area contributed by atoms with Gasteiger partial charge in [-0.3, -0.25) is 0 Å². The molecule has 0 fully saturated rings. The van der Waals surface area contributed by atoms with E-state index in [-0.39, 0.29) is 29.2 Å². The third-order valence-corrected chi connectivity index (χ3v) is 3.52. The standard InChI is InChI=1S/C18H23NO.Cu/c1-13-4-6-17(7-5-13)18-10-8-16(9-11-18)15(3)19-12-14(2)20;/h4-11,14-15,19-20H,12H2,1-3H3;. The number of rotatable bonds is 5. The van der Waals surface area contributed by atoms with Gasteiger partial charge in [0.15, 0.2) is 0 Å². The van der Waals surface area contributed by atoms with E-state index in [9.17, 15) is 5.11 Å². The minimum Gasteiger partial charge on any atom is -0.392 e. The van der Waals surface area contributed by atoms with E-state index < -0.39 is 0 Å². The van der Waals surface area contributed by atoms with Gasteiger partial charge in [-0.05, 0) is 37.5 Å². The van der Waals surface area contributed by atoms with Crippen molar-refractivity contribution in [3.05, 3.63) is 59.7 Å². The second-order valence-electron chi connectivity index (χ2n) is 5.47. The fourth-order valence-electron chi connectivity index (χ4n) is 2.18. The Morgan fingerprint density at radius 2 is 1.38 bits per heavy atom. The normalized spacial score (nSPS) is 13.3. The SMILES string of the molecule is Cc1ccc(-c2ccc(C(C)NCC(C)O)cc2)cc1.[Cu]. The maximum absolute atomic E-state index is 9.30. The van der Waals surface area contributed by atoms with Crippen molar-refractivity contribution >= 4 is 0 Å². The number of aliphatic hydroxyl groups excluding tert-OH is 1. The van der Waals surface area contributed by atoms with Crippen LogP contribution < -0.4 is 5.32 Å². The third-order valence-electron chi connectivity index (χ3n) is 3.52. The molecule has 0 aromatic heterocycles. The Morgan fingerprint density at radius 1 is 0.905 bits per heavy atom. The monoisotopic (exact) mass is 332 g/mol. The first kappa shape index (κ1) is 17.9. The van der Waals surface area contributed by atoms with Crippen LogP contribution in [0.5, 0.6) is 0 Å². The second-order valence-corrected chi connectivity index (χ2v) is 5.47. The molecule has 2 rings (SSSR count). The van der Waals surface area contributed by atoms with Crippen LogP contribution >= 0.6 is 0 Å². The summed E-state index contributed by atoms with van der Waals surface area (Å²) in [7, 11) is 0. The van der Waals surface area contributed by atoms with Gasteiger partial charge in [0.1, 0.15) is 0 Å². The average molecular weight is 333 g/mol. The molecule has 0 heterocycles. The van der Waals surface area contributed by atoms with Crippen LogP contribution in [-0.4, -0.2) is 17.8 Å². The van der Waals surface area contributed by atoms with E-state index in [1.165, 1.54) is 22.3 Å². The van der Waals surface area contributed by atoms with Gasteiger partial charge in [-0.2, -0.15) is 0 Å². The zero-order valence-corrected chi connectivity index (χ0v) is 13.7. The zero-order valence-electron chi connectivity index (χ0n) is 12.7. The van der Waals surface area contributed by atoms with Crippen molar-refractivity contribution in [3.8, 4) is 11.1 Å². The molecule has 2 N–H and O–H groups in total. The molecule has 0 amide bonds. The van der Waals surface area contributed by atoms with Gasteiger partial charge in [0.25, 0.3) is 0 Å². The minimum absolute atomic E-state index is 0. The molecule has 0 aliphatic carbocycles. The number of hydrogen-bond acceptors (Lipinski definition) is 2. The van der Waals surface area contributed by atoms with Crippen LogP contribution in [-0.2, 0) is 17.1 Å². The van der Waals surface area contributed by atoms with E-state index in [4.69, 9.17) is 0 Å². The molecular weight excluding hydrogens is 310 g/mol. The van der Waals surface area contributed by atoms with Crippen LogP contribution in [0.3, 0.4) is 0 Å². The third kappa shape index (κ3) is 5.29. The van der Waals surface area contributed by atoms with Gasteiger partial charge in [-0.15, -0.1) is 0 Å². The average Bonchev–Trinajstić information content (AvgIpc) is 2.46. The maximum atomic E-state index is 9.30. The van der Waals surface area contributed by atoms with Crippen LogP contribution in [0.1, 0.15) is 31.0 Å². The Kier molecular flexibility index (Phi) is 7.13. The van der Waals surface area contributed by atoms with Gasteiger partial charge in [0.2, 0.25) is 0 Å². The molecule has 0 aliphatic heterocycles. The van der Waals surface area contributed by atoms with Gasteiger partial charge in [0, 0.05) is 29.7 Å². The first-order valence-electron chi connectivity index (χ1n) is 7.14. The van der Waals surface area contributed by atoms with Crippen LogP contribution in [0.25, 0.3) is 11.1 Å². The molecule has 0 aliphatic rings. The van der Waals surface area contributed by atoms with E-state index in [0.717, 1.165) is 0 Å². The van der Waals surface area contributed by atoms with Gasteiger partial charge in [-0.25, -0.2) is 0 Å². The molecule has 0 bridgehead atoms. The van der Waals surface area contributed by atoms with Crippen LogP contribution in [0.4, 0.5) is 0 Å². The Labute approximate surface area is 138 Å². The maximum Gasteiger partial charge on any atom is 0.0636 e. The molecule has 1 radical (unpaired) electrons. The summed E-state index contributed by atoms with van der Waals surface area (Å²) in [6.07, 6.45) is -0.315. The van der Waals surface area contributed by atoms with Crippen molar-refractivity contribution in [2.45, 2.75) is 32.9 Å². The number of hydrogen-bond donors (Lipinski definition) is 2. The molecule has 0 saturated heterocycles. The first-order chi connectivity index (χ1) is 9.56. The number of aliphatic hydroxyl groups is 1. The van der Waals surface area contributed by atoms with Gasteiger partial charge < -0.3 is 10.4 Å². The Bertz CT molecular complexity index is 534. The van der Waals surface area contributed by atoms with E-state index in [1.807, 2.05) is 0 Å². The number of aryl methyl sites for hydroxylation is 1. The predicted molar refractivity (Wildman–Crippen MR) is 84.7 cm³/mol. The summed E-state index contributed by atoms with van der Waals surface area (Å²) < 4.78 is 0. The molecule has 117 valence electrons. The summed E-state index contributed by atoms with van der Waals surface area (Å²) in [5.41, 5.74) is 4.99. The summed E-state index contributed by atoms with van der Waals surface area (Å²) in [6.45, 7) is 6.62. The second kappa shape index (κ2) is 8.35. The van der Waals surface area contributed by atoms with Crippen molar-refractivity contribution in [3.63, 3.8) is 0 Å². The zero-order chi connectivity index (χ0) is 14.5. The Morgan fingerprint density at radius 3 is 1.86 bits per heavy atom. The Balaban J connectivity index is 0.00000220. The molecule has 2 aromatic carbocycles. The van der Waals surface area contributed by atoms with E-state index in [1.54, 1.807) is 6.92 Å². The predicted octanol–water partition coefficient (Wildman–Crippen LogP) is 3.69. The smallest absolute Gasteiger partial charge is 0.0636 e. The fourth-order valence-corrected chi connectivity index (χ4v) is 2.18. The molecule has 2 atom stereocenters. The van der Waals surface area contributed by atoms with Gasteiger partial charge >= 0.3 is 0 Å². The van der Waals surface area contributed by atoms with E-state index in [0.29, 0.717) is 6.54 Å². The molecule has 3 heteroatoms. The summed E-state index contributed by atoms with van der Waals surface area (Å²) in [4.78, 5) is 0. The minimum atomic E-state index is -0.315. The fraction of sp³-hybridized carbons (Fsp3) is 0.333. The van der Waals surface area contributed by atoms with Gasteiger partial charge in [-0.1, -0.05) is 54.1 Å². The number of nitrogens with one attached hydrogen (secondary N) is 1. The van der Waals surface area contributed by atoms with Gasteiger partial charge in [0.05, 0.1) is 6.10 Å². The van der Waals surface area contributed by atoms with Crippen molar-refractivity contribution < 1.29 is 22.2 Å². The topological polar surface area (TPSA) is 32.3 Å². The van der Waals surface area contributed by atoms with Crippen LogP contribution in [0.15, 0.2) is 48.5 Å². The first-order valence-corrected chi connectivity index (χ1v) is 7.14. The molecule has 0 saturated carbocycles. The van der Waals surface area contributed by atoms with Crippen molar-refractivity contribution in [1.29, 1.82) is 0 Å². The van der Waals surface area contributed by atoms with Crippen molar-refractivity contribution in [1.82, 2.24) is 5.32 Å². The van der Waals surface area contributed by atoms with Crippen molar-refractivity contribution in [2.75, 3.05) is 6.54 Å². The summed E-state index contributed by atoms with van der Waals surface area (Å²) in [5.74, 6) is 0. The summed E-state index contributed by atoms with van der Waals surface area (Å²) >= 11 is 0. The largest absolute Gasteiger partial charge is 0.392 e. The molecule has 21 heavy (non-hydrogen) atoms. The van der Waals surface area contributed by atoms with E-state index >= 15 is 0 Å². The quantitative estimate of drug-likeness (QED) is 0.818. The van der Waals surface area contributed by atoms with Crippen LogP contribution in [0, 0.1) is 6.92 Å². The van der Waals surface area contributed by atoms with E-state index in [2.05, 4.69) is 67.7 Å². The van der Waals surface area contributed by atoms with Crippen LogP contribution in [0.2, 0.25) is 0 Å². The number of benzene rings is 2.